The van der Waals surface area contributed by atoms with Crippen LogP contribution in [0.25, 0.3) is 0 Å². The Morgan fingerprint density at radius 1 is 1.31 bits per heavy atom. The van der Waals surface area contributed by atoms with Crippen LogP contribution in [0.15, 0.2) is 4.99 Å². The molecule has 0 radical (unpaired) electrons. The lowest BCUT2D eigenvalue weighted by Gasteiger charge is -2.20. The van der Waals surface area contributed by atoms with Gasteiger partial charge in [-0.2, -0.15) is 0 Å². The minimum absolute atomic E-state index is 0.257. The molecule has 0 aromatic carbocycles. The molecule has 1 aliphatic carbocycles. The van der Waals surface area contributed by atoms with Crippen molar-refractivity contribution in [3.63, 3.8) is 0 Å². The number of halogens is 2. The standard InChI is InChI=1S/C9H16F2N2/c10-8(11)6-13-9(12)7-4-2-1-3-5-7/h7-8H,1-6H2,(H2,12,13). The molecule has 0 amide bonds. The molecular formula is C9H16F2N2. The second kappa shape index (κ2) is 5.14. The van der Waals surface area contributed by atoms with Gasteiger partial charge in [0.2, 0.25) is 0 Å². The predicted octanol–water partition coefficient (Wildman–Crippen LogP) is 2.19. The molecule has 0 atom stereocenters. The Morgan fingerprint density at radius 2 is 1.92 bits per heavy atom. The molecule has 0 unspecified atom stereocenters. The molecule has 2 nitrogen and oxygen atoms in total. The molecular weight excluding hydrogens is 174 g/mol. The Labute approximate surface area is 77.2 Å². The van der Waals surface area contributed by atoms with E-state index >= 15 is 0 Å². The van der Waals surface area contributed by atoms with Crippen molar-refractivity contribution in [1.82, 2.24) is 0 Å². The highest BCUT2D eigenvalue weighted by Crippen LogP contribution is 2.23. The Bertz CT molecular complexity index is 174. The van der Waals surface area contributed by atoms with Crippen LogP contribution in [0.1, 0.15) is 32.1 Å². The average Bonchev–Trinajstić information content (AvgIpc) is 2.15. The smallest absolute Gasteiger partial charge is 0.257 e. The van der Waals surface area contributed by atoms with E-state index in [0.717, 1.165) is 25.7 Å². The number of aliphatic imine (C=N–C) groups is 1. The van der Waals surface area contributed by atoms with Crippen LogP contribution in [0.3, 0.4) is 0 Å². The van der Waals surface area contributed by atoms with Crippen molar-refractivity contribution < 1.29 is 8.78 Å². The third-order valence-electron chi connectivity index (χ3n) is 2.44. The molecule has 13 heavy (non-hydrogen) atoms. The monoisotopic (exact) mass is 190 g/mol. The number of amidine groups is 1. The van der Waals surface area contributed by atoms with E-state index in [1.54, 1.807) is 0 Å². The Kier molecular flexibility index (Phi) is 4.12. The van der Waals surface area contributed by atoms with Crippen molar-refractivity contribution in [1.29, 1.82) is 0 Å². The van der Waals surface area contributed by atoms with Gasteiger partial charge in [0.05, 0.1) is 5.84 Å². The molecule has 4 heteroatoms. The minimum Gasteiger partial charge on any atom is -0.387 e. The Morgan fingerprint density at radius 3 is 2.46 bits per heavy atom. The van der Waals surface area contributed by atoms with E-state index in [2.05, 4.69) is 4.99 Å². The summed E-state index contributed by atoms with van der Waals surface area (Å²) in [6, 6.07) is 0. The number of nitrogens with two attached hydrogens (primary N) is 1. The van der Waals surface area contributed by atoms with E-state index in [0.29, 0.717) is 5.84 Å². The Hall–Kier alpha value is -0.670. The summed E-state index contributed by atoms with van der Waals surface area (Å²) in [6.45, 7) is -0.442. The number of nitrogens with zero attached hydrogens (tertiary/aromatic N) is 1. The maximum absolute atomic E-state index is 11.8. The van der Waals surface area contributed by atoms with Gasteiger partial charge in [-0.25, -0.2) is 8.78 Å². The number of hydrogen-bond donors (Lipinski definition) is 1. The van der Waals surface area contributed by atoms with Crippen molar-refractivity contribution in [2.75, 3.05) is 6.54 Å². The van der Waals surface area contributed by atoms with Crippen LogP contribution in [-0.4, -0.2) is 18.8 Å². The van der Waals surface area contributed by atoms with Crippen LogP contribution >= 0.6 is 0 Å². The molecule has 0 bridgehead atoms. The lowest BCUT2D eigenvalue weighted by Crippen LogP contribution is -2.26. The van der Waals surface area contributed by atoms with Gasteiger partial charge in [0.1, 0.15) is 6.54 Å². The first kappa shape index (κ1) is 10.4. The highest BCUT2D eigenvalue weighted by Gasteiger charge is 2.16. The largest absolute Gasteiger partial charge is 0.387 e. The van der Waals surface area contributed by atoms with E-state index in [1.807, 2.05) is 0 Å². The molecule has 1 fully saturated rings. The minimum atomic E-state index is -2.37. The molecule has 1 rings (SSSR count). The van der Waals surface area contributed by atoms with E-state index in [-0.39, 0.29) is 5.92 Å². The topological polar surface area (TPSA) is 38.4 Å². The molecule has 2 N–H and O–H groups in total. The van der Waals surface area contributed by atoms with Crippen LogP contribution in [0.2, 0.25) is 0 Å². The van der Waals surface area contributed by atoms with Gasteiger partial charge in [0, 0.05) is 5.92 Å². The fraction of sp³-hybridized carbons (Fsp3) is 0.889. The third-order valence-corrected chi connectivity index (χ3v) is 2.44. The van der Waals surface area contributed by atoms with Crippen LogP contribution in [0.5, 0.6) is 0 Å². The van der Waals surface area contributed by atoms with Gasteiger partial charge in [0.25, 0.3) is 6.43 Å². The van der Waals surface area contributed by atoms with Crippen LogP contribution in [-0.2, 0) is 0 Å². The second-order valence-electron chi connectivity index (χ2n) is 3.49. The van der Waals surface area contributed by atoms with Gasteiger partial charge in [0.15, 0.2) is 0 Å². The summed E-state index contributed by atoms with van der Waals surface area (Å²) >= 11 is 0. The first-order valence-corrected chi connectivity index (χ1v) is 4.78. The summed E-state index contributed by atoms with van der Waals surface area (Å²) in [7, 11) is 0. The highest BCUT2D eigenvalue weighted by molar-refractivity contribution is 5.82. The fourth-order valence-corrected chi connectivity index (χ4v) is 1.70. The van der Waals surface area contributed by atoms with E-state index < -0.39 is 13.0 Å². The van der Waals surface area contributed by atoms with Gasteiger partial charge in [-0.15, -0.1) is 0 Å². The average molecular weight is 190 g/mol. The van der Waals surface area contributed by atoms with Gasteiger partial charge in [-0.3, -0.25) is 4.99 Å². The first-order chi connectivity index (χ1) is 6.20. The molecule has 0 saturated heterocycles. The number of rotatable bonds is 3. The van der Waals surface area contributed by atoms with E-state index in [1.165, 1.54) is 6.42 Å². The van der Waals surface area contributed by atoms with Gasteiger partial charge < -0.3 is 5.73 Å². The fourth-order valence-electron chi connectivity index (χ4n) is 1.70. The van der Waals surface area contributed by atoms with Gasteiger partial charge >= 0.3 is 0 Å². The molecule has 1 aliphatic rings. The molecule has 0 aromatic rings. The SMILES string of the molecule is NC(=NCC(F)F)C1CCCCC1. The molecule has 0 aliphatic heterocycles. The summed E-state index contributed by atoms with van der Waals surface area (Å²) in [5.74, 6) is 0.688. The Balaban J connectivity index is 2.35. The lowest BCUT2D eigenvalue weighted by molar-refractivity contribution is 0.158. The van der Waals surface area contributed by atoms with Crippen molar-refractivity contribution in [3.05, 3.63) is 0 Å². The van der Waals surface area contributed by atoms with Crippen molar-refractivity contribution in [2.24, 2.45) is 16.6 Å². The highest BCUT2D eigenvalue weighted by atomic mass is 19.3. The van der Waals surface area contributed by atoms with Crippen molar-refractivity contribution in [2.45, 2.75) is 38.5 Å². The van der Waals surface area contributed by atoms with Crippen LogP contribution in [0, 0.1) is 5.92 Å². The lowest BCUT2D eigenvalue weighted by atomic mass is 9.88. The number of hydrogen-bond acceptors (Lipinski definition) is 1. The predicted molar refractivity (Wildman–Crippen MR) is 49.1 cm³/mol. The molecule has 1 saturated carbocycles. The second-order valence-corrected chi connectivity index (χ2v) is 3.49. The van der Waals surface area contributed by atoms with E-state index in [9.17, 15) is 8.78 Å². The third kappa shape index (κ3) is 3.70. The maximum Gasteiger partial charge on any atom is 0.257 e. The molecule has 76 valence electrons. The number of alkyl halides is 2. The van der Waals surface area contributed by atoms with Crippen LogP contribution < -0.4 is 5.73 Å². The van der Waals surface area contributed by atoms with Gasteiger partial charge in [-0.05, 0) is 12.8 Å². The summed E-state index contributed by atoms with van der Waals surface area (Å²) in [6.07, 6.45) is 3.18. The quantitative estimate of drug-likeness (QED) is 0.537. The zero-order chi connectivity index (χ0) is 9.68. The summed E-state index contributed by atoms with van der Waals surface area (Å²) in [5, 5.41) is 0. The first-order valence-electron chi connectivity index (χ1n) is 4.78. The molecule has 0 spiro atoms. The van der Waals surface area contributed by atoms with Gasteiger partial charge in [-0.1, -0.05) is 19.3 Å². The summed E-state index contributed by atoms with van der Waals surface area (Å²) in [4.78, 5) is 3.69. The zero-order valence-corrected chi connectivity index (χ0v) is 7.68. The van der Waals surface area contributed by atoms with Crippen molar-refractivity contribution in [3.8, 4) is 0 Å². The van der Waals surface area contributed by atoms with E-state index in [4.69, 9.17) is 5.73 Å². The normalized spacial score (nSPS) is 21.0. The summed E-state index contributed by atoms with van der Waals surface area (Å²) < 4.78 is 23.6. The van der Waals surface area contributed by atoms with Crippen molar-refractivity contribution >= 4 is 5.84 Å². The molecule has 0 heterocycles. The van der Waals surface area contributed by atoms with Crippen LogP contribution in [0.4, 0.5) is 8.78 Å². The maximum atomic E-state index is 11.8. The zero-order valence-electron chi connectivity index (χ0n) is 7.68. The summed E-state index contributed by atoms with van der Waals surface area (Å²) in [5.41, 5.74) is 5.61. The molecule has 0 aromatic heterocycles.